The molecular formula is C16H16F3N5O4S. The minimum atomic E-state index is -5.19. The van der Waals surface area contributed by atoms with Gasteiger partial charge in [-0.2, -0.15) is 13.2 Å². The molecule has 1 aromatic carbocycles. The van der Waals surface area contributed by atoms with Crippen molar-refractivity contribution < 1.29 is 31.2 Å². The number of fused-ring (bicyclic) bond motifs is 3. The van der Waals surface area contributed by atoms with Crippen molar-refractivity contribution in [2.45, 2.75) is 43.3 Å². The van der Waals surface area contributed by atoms with Gasteiger partial charge in [-0.1, -0.05) is 13.0 Å². The van der Waals surface area contributed by atoms with E-state index in [2.05, 4.69) is 9.71 Å². The van der Waals surface area contributed by atoms with Gasteiger partial charge in [-0.3, -0.25) is 24.2 Å². The molecule has 13 heteroatoms. The monoisotopic (exact) mass is 431 g/mol. The second-order valence-electron chi connectivity index (χ2n) is 6.85. The van der Waals surface area contributed by atoms with Gasteiger partial charge in [0.1, 0.15) is 5.52 Å². The van der Waals surface area contributed by atoms with E-state index in [1.165, 1.54) is 25.1 Å². The van der Waals surface area contributed by atoms with E-state index in [9.17, 15) is 31.2 Å². The van der Waals surface area contributed by atoms with Crippen molar-refractivity contribution in [3.8, 4) is 0 Å². The van der Waals surface area contributed by atoms with Gasteiger partial charge in [0, 0.05) is 6.42 Å². The third-order valence-electron chi connectivity index (χ3n) is 4.84. The minimum absolute atomic E-state index is 0.0107. The molecule has 2 heterocycles. The van der Waals surface area contributed by atoms with Crippen molar-refractivity contribution in [1.29, 1.82) is 0 Å². The molecule has 1 saturated carbocycles. The highest BCUT2D eigenvalue weighted by molar-refractivity contribution is 7.93. The number of para-hydroxylation sites is 1. The summed E-state index contributed by atoms with van der Waals surface area (Å²) in [7, 11) is -3.69. The standard InChI is InChI=1S/C16H16F3N5O4S/c1-2-11(25)22-15(16(17,18)19)13(26)21-14-20-12-9(4-3-5-10(12)24(14)15)23-29(27,28)8-6-7-8/h3-5,8,23H,2,6-7H2,1H3,(H,22,25)(H,20,21,26). The molecule has 0 saturated heterocycles. The normalized spacial score (nSPS) is 21.7. The van der Waals surface area contributed by atoms with Gasteiger partial charge in [0.25, 0.3) is 11.6 Å². The fourth-order valence-corrected chi connectivity index (χ4v) is 4.64. The largest absolute Gasteiger partial charge is 0.440 e. The highest BCUT2D eigenvalue weighted by atomic mass is 32.2. The Labute approximate surface area is 162 Å². The van der Waals surface area contributed by atoms with Crippen molar-refractivity contribution in [3.05, 3.63) is 18.2 Å². The number of amides is 2. The fraction of sp³-hybridized carbons (Fsp3) is 0.438. The second kappa shape index (κ2) is 6.08. The van der Waals surface area contributed by atoms with Gasteiger partial charge in [-0.25, -0.2) is 13.4 Å². The maximum absolute atomic E-state index is 14.1. The first-order valence-electron chi connectivity index (χ1n) is 8.74. The van der Waals surface area contributed by atoms with Crippen LogP contribution in [0.25, 0.3) is 11.0 Å². The first-order chi connectivity index (χ1) is 13.5. The summed E-state index contributed by atoms with van der Waals surface area (Å²) in [4.78, 5) is 28.2. The first kappa shape index (κ1) is 19.5. The van der Waals surface area contributed by atoms with Gasteiger partial charge in [-0.05, 0) is 25.0 Å². The molecule has 156 valence electrons. The number of imidazole rings is 1. The quantitative estimate of drug-likeness (QED) is 0.664. The Hall–Kier alpha value is -2.83. The number of nitrogens with one attached hydrogen (secondary N) is 3. The highest BCUT2D eigenvalue weighted by Crippen LogP contribution is 2.45. The Morgan fingerprint density at radius 3 is 2.66 bits per heavy atom. The van der Waals surface area contributed by atoms with Crippen LogP contribution in [0.5, 0.6) is 0 Å². The van der Waals surface area contributed by atoms with E-state index in [1.807, 2.05) is 5.32 Å². The van der Waals surface area contributed by atoms with Crippen LogP contribution in [0.2, 0.25) is 0 Å². The summed E-state index contributed by atoms with van der Waals surface area (Å²) in [5, 5.41) is 3.26. The number of hydrogen-bond acceptors (Lipinski definition) is 5. The van der Waals surface area contributed by atoms with E-state index < -0.39 is 44.9 Å². The molecule has 3 N–H and O–H groups in total. The van der Waals surface area contributed by atoms with E-state index in [1.54, 1.807) is 5.32 Å². The number of aromatic nitrogens is 2. The molecule has 29 heavy (non-hydrogen) atoms. The van der Waals surface area contributed by atoms with Crippen LogP contribution in [0.3, 0.4) is 0 Å². The van der Waals surface area contributed by atoms with Crippen molar-refractivity contribution in [1.82, 2.24) is 14.9 Å². The second-order valence-corrected chi connectivity index (χ2v) is 8.82. The molecular weight excluding hydrogens is 415 g/mol. The van der Waals surface area contributed by atoms with Gasteiger partial charge in [0.05, 0.1) is 16.5 Å². The summed E-state index contributed by atoms with van der Waals surface area (Å²) in [6, 6.07) is 3.97. The van der Waals surface area contributed by atoms with Crippen molar-refractivity contribution in [3.63, 3.8) is 0 Å². The van der Waals surface area contributed by atoms with Gasteiger partial charge >= 0.3 is 6.18 Å². The number of benzene rings is 1. The van der Waals surface area contributed by atoms with E-state index in [0.29, 0.717) is 17.4 Å². The van der Waals surface area contributed by atoms with E-state index in [0.717, 1.165) is 0 Å². The van der Waals surface area contributed by atoms with Crippen LogP contribution in [0.15, 0.2) is 18.2 Å². The fourth-order valence-electron chi connectivity index (χ4n) is 3.24. The number of carbonyl (C=O) groups is 2. The SMILES string of the molecule is CCC(=O)NC1(C(F)(F)F)C(=O)Nc2nc3c(NS(=O)(=O)C4CC4)cccc3n21. The minimum Gasteiger partial charge on any atom is -0.317 e. The Bertz CT molecular complexity index is 1140. The van der Waals surface area contributed by atoms with Gasteiger partial charge in [-0.15, -0.1) is 0 Å². The Balaban J connectivity index is 1.91. The lowest BCUT2D eigenvalue weighted by molar-refractivity contribution is -0.217. The first-order valence-corrected chi connectivity index (χ1v) is 10.3. The predicted molar refractivity (Wildman–Crippen MR) is 96.4 cm³/mol. The molecule has 1 aliphatic carbocycles. The van der Waals surface area contributed by atoms with Crippen LogP contribution in [0.4, 0.5) is 24.8 Å². The summed E-state index contributed by atoms with van der Waals surface area (Å²) in [6.07, 6.45) is -4.47. The zero-order chi connectivity index (χ0) is 21.2. The summed E-state index contributed by atoms with van der Waals surface area (Å²) in [5.74, 6) is -2.94. The van der Waals surface area contributed by atoms with Crippen LogP contribution in [0, 0.1) is 0 Å². The molecule has 1 atom stereocenters. The summed E-state index contributed by atoms with van der Waals surface area (Å²) in [5.41, 5.74) is -3.64. The zero-order valence-electron chi connectivity index (χ0n) is 15.0. The van der Waals surface area contributed by atoms with E-state index >= 15 is 0 Å². The number of hydrogen-bond donors (Lipinski definition) is 3. The molecule has 9 nitrogen and oxygen atoms in total. The molecule has 2 amide bonds. The van der Waals surface area contributed by atoms with Crippen LogP contribution < -0.4 is 15.4 Å². The lowest BCUT2D eigenvalue weighted by Gasteiger charge is -2.31. The smallest absolute Gasteiger partial charge is 0.317 e. The van der Waals surface area contributed by atoms with Gasteiger partial charge in [0.2, 0.25) is 21.9 Å². The number of anilines is 2. The number of sulfonamides is 1. The Morgan fingerprint density at radius 1 is 1.38 bits per heavy atom. The Kier molecular flexibility index (Phi) is 4.09. The number of halogens is 3. The van der Waals surface area contributed by atoms with Crippen LogP contribution in [0.1, 0.15) is 26.2 Å². The van der Waals surface area contributed by atoms with Gasteiger partial charge < -0.3 is 5.32 Å². The number of alkyl halides is 3. The van der Waals surface area contributed by atoms with E-state index in [-0.39, 0.29) is 23.1 Å². The molecule has 1 fully saturated rings. The molecule has 0 spiro atoms. The summed E-state index contributed by atoms with van der Waals surface area (Å²) >= 11 is 0. The molecule has 2 aromatic rings. The van der Waals surface area contributed by atoms with Gasteiger partial charge in [0.15, 0.2) is 0 Å². The average molecular weight is 431 g/mol. The lowest BCUT2D eigenvalue weighted by Crippen LogP contribution is -2.63. The molecule has 1 aromatic heterocycles. The molecule has 4 rings (SSSR count). The number of rotatable bonds is 5. The highest BCUT2D eigenvalue weighted by Gasteiger charge is 2.67. The van der Waals surface area contributed by atoms with Crippen molar-refractivity contribution >= 4 is 44.5 Å². The predicted octanol–water partition coefficient (Wildman–Crippen LogP) is 1.63. The molecule has 2 aliphatic rings. The number of carbonyl (C=O) groups excluding carboxylic acids is 2. The van der Waals surface area contributed by atoms with E-state index in [4.69, 9.17) is 0 Å². The van der Waals surface area contributed by atoms with Crippen LogP contribution in [-0.2, 0) is 25.3 Å². The van der Waals surface area contributed by atoms with Crippen molar-refractivity contribution in [2.24, 2.45) is 0 Å². The summed E-state index contributed by atoms with van der Waals surface area (Å²) < 4.78 is 69.7. The zero-order valence-corrected chi connectivity index (χ0v) is 15.8. The Morgan fingerprint density at radius 2 is 2.07 bits per heavy atom. The third kappa shape index (κ3) is 2.82. The van der Waals surface area contributed by atoms with Crippen LogP contribution in [-0.4, -0.2) is 41.2 Å². The van der Waals surface area contributed by atoms with Crippen molar-refractivity contribution in [2.75, 3.05) is 10.0 Å². The molecule has 1 aliphatic heterocycles. The molecule has 0 bridgehead atoms. The maximum atomic E-state index is 14.1. The molecule has 0 radical (unpaired) electrons. The molecule has 1 unspecified atom stereocenters. The topological polar surface area (TPSA) is 122 Å². The lowest BCUT2D eigenvalue weighted by atomic mass is 10.1. The number of nitrogens with zero attached hydrogens (tertiary/aromatic N) is 2. The maximum Gasteiger partial charge on any atom is 0.440 e. The average Bonchev–Trinajstić information content (AvgIpc) is 3.37. The third-order valence-corrected chi connectivity index (χ3v) is 6.70. The van der Waals surface area contributed by atoms with Crippen LogP contribution >= 0.6 is 0 Å². The summed E-state index contributed by atoms with van der Waals surface area (Å²) in [6.45, 7) is 1.35.